The Balaban J connectivity index is 1.70. The molecule has 1 fully saturated rings. The first kappa shape index (κ1) is 12.6. The van der Waals surface area contributed by atoms with Crippen LogP contribution in [0.1, 0.15) is 31.9 Å². The van der Waals surface area contributed by atoms with E-state index in [9.17, 15) is 0 Å². The molecule has 17 heavy (non-hydrogen) atoms. The zero-order valence-corrected chi connectivity index (χ0v) is 11.0. The van der Waals surface area contributed by atoms with Gasteiger partial charge in [-0.25, -0.2) is 4.98 Å². The summed E-state index contributed by atoms with van der Waals surface area (Å²) in [6.07, 6.45) is 7.93. The minimum Gasteiger partial charge on any atom is -0.337 e. The first-order valence-electron chi connectivity index (χ1n) is 6.66. The highest BCUT2D eigenvalue weighted by atomic mass is 15.2. The molecule has 0 saturated carbocycles. The number of piperidine rings is 1. The van der Waals surface area contributed by atoms with Crippen LogP contribution in [0.5, 0.6) is 0 Å². The molecule has 0 amide bonds. The number of imidazole rings is 1. The van der Waals surface area contributed by atoms with Crippen LogP contribution in [0.2, 0.25) is 0 Å². The van der Waals surface area contributed by atoms with Gasteiger partial charge in [-0.15, -0.1) is 0 Å². The lowest BCUT2D eigenvalue weighted by atomic mass is 10.1. The van der Waals surface area contributed by atoms with Gasteiger partial charge in [-0.1, -0.05) is 6.42 Å². The Morgan fingerprint density at radius 2 is 2.12 bits per heavy atom. The van der Waals surface area contributed by atoms with E-state index in [1.165, 1.54) is 38.0 Å². The molecule has 0 aliphatic carbocycles. The van der Waals surface area contributed by atoms with E-state index in [1.54, 1.807) is 0 Å². The summed E-state index contributed by atoms with van der Waals surface area (Å²) in [6.45, 7) is 6.89. The Labute approximate surface area is 104 Å². The number of hydrogen-bond acceptors (Lipinski definition) is 3. The van der Waals surface area contributed by atoms with E-state index in [2.05, 4.69) is 26.7 Å². The summed E-state index contributed by atoms with van der Waals surface area (Å²) >= 11 is 0. The standard InChI is InChI=1S/C13H24N4/c1-12(10-17-6-4-3-5-7-17)15-9-13-8-14-11-16(13)2/h8,11-12,15H,3-7,9-10H2,1-2H3. The zero-order chi connectivity index (χ0) is 12.1. The molecule has 96 valence electrons. The number of rotatable bonds is 5. The molecule has 0 bridgehead atoms. The number of nitrogens with zero attached hydrogens (tertiary/aromatic N) is 3. The molecule has 1 N–H and O–H groups in total. The fraction of sp³-hybridized carbons (Fsp3) is 0.769. The molecule has 1 aromatic heterocycles. The van der Waals surface area contributed by atoms with Crippen molar-refractivity contribution < 1.29 is 0 Å². The predicted octanol–water partition coefficient (Wildman–Crippen LogP) is 1.38. The van der Waals surface area contributed by atoms with E-state index < -0.39 is 0 Å². The van der Waals surface area contributed by atoms with Crippen LogP contribution in [0.4, 0.5) is 0 Å². The molecule has 1 aliphatic heterocycles. The van der Waals surface area contributed by atoms with Crippen LogP contribution >= 0.6 is 0 Å². The van der Waals surface area contributed by atoms with Gasteiger partial charge in [0.05, 0.1) is 12.0 Å². The highest BCUT2D eigenvalue weighted by Crippen LogP contribution is 2.08. The average molecular weight is 236 g/mol. The molecule has 4 heteroatoms. The van der Waals surface area contributed by atoms with E-state index in [-0.39, 0.29) is 0 Å². The predicted molar refractivity (Wildman–Crippen MR) is 69.8 cm³/mol. The van der Waals surface area contributed by atoms with E-state index in [0.29, 0.717) is 6.04 Å². The quantitative estimate of drug-likeness (QED) is 0.838. The van der Waals surface area contributed by atoms with Crippen LogP contribution in [-0.4, -0.2) is 40.1 Å². The Kier molecular flexibility index (Phi) is 4.57. The van der Waals surface area contributed by atoms with Crippen molar-refractivity contribution in [1.82, 2.24) is 19.8 Å². The van der Waals surface area contributed by atoms with Crippen LogP contribution in [0, 0.1) is 0 Å². The fourth-order valence-corrected chi connectivity index (χ4v) is 2.43. The monoisotopic (exact) mass is 236 g/mol. The molecule has 0 aromatic carbocycles. The van der Waals surface area contributed by atoms with Gasteiger partial charge >= 0.3 is 0 Å². The number of aryl methyl sites for hydroxylation is 1. The maximum absolute atomic E-state index is 4.13. The summed E-state index contributed by atoms with van der Waals surface area (Å²) in [7, 11) is 2.04. The maximum atomic E-state index is 4.13. The number of nitrogens with one attached hydrogen (secondary N) is 1. The topological polar surface area (TPSA) is 33.1 Å². The van der Waals surface area contributed by atoms with Crippen molar-refractivity contribution >= 4 is 0 Å². The van der Waals surface area contributed by atoms with Crippen LogP contribution in [-0.2, 0) is 13.6 Å². The van der Waals surface area contributed by atoms with Gasteiger partial charge < -0.3 is 14.8 Å². The summed E-state index contributed by atoms with van der Waals surface area (Å²) in [4.78, 5) is 6.70. The van der Waals surface area contributed by atoms with Crippen LogP contribution in [0.15, 0.2) is 12.5 Å². The van der Waals surface area contributed by atoms with Gasteiger partial charge in [-0.05, 0) is 32.9 Å². The van der Waals surface area contributed by atoms with Crippen LogP contribution in [0.3, 0.4) is 0 Å². The van der Waals surface area contributed by atoms with Crippen molar-refractivity contribution in [1.29, 1.82) is 0 Å². The molecule has 1 unspecified atom stereocenters. The van der Waals surface area contributed by atoms with Crippen molar-refractivity contribution in [2.75, 3.05) is 19.6 Å². The smallest absolute Gasteiger partial charge is 0.0945 e. The molecule has 0 radical (unpaired) electrons. The highest BCUT2D eigenvalue weighted by molar-refractivity contribution is 4.97. The number of hydrogen-bond donors (Lipinski definition) is 1. The molecule has 4 nitrogen and oxygen atoms in total. The van der Waals surface area contributed by atoms with Gasteiger partial charge in [0.2, 0.25) is 0 Å². The lowest BCUT2D eigenvalue weighted by Crippen LogP contribution is -2.41. The fourth-order valence-electron chi connectivity index (χ4n) is 2.43. The third-order valence-electron chi connectivity index (χ3n) is 3.53. The molecule has 2 heterocycles. The van der Waals surface area contributed by atoms with Gasteiger partial charge in [0.25, 0.3) is 0 Å². The molecule has 1 aromatic rings. The minimum atomic E-state index is 0.544. The Morgan fingerprint density at radius 3 is 2.76 bits per heavy atom. The average Bonchev–Trinajstić information content (AvgIpc) is 2.74. The summed E-state index contributed by atoms with van der Waals surface area (Å²) < 4.78 is 2.07. The van der Waals surface area contributed by atoms with E-state index >= 15 is 0 Å². The Bertz CT molecular complexity index is 328. The minimum absolute atomic E-state index is 0.544. The lowest BCUT2D eigenvalue weighted by molar-refractivity contribution is 0.208. The van der Waals surface area contributed by atoms with Crippen molar-refractivity contribution in [3.8, 4) is 0 Å². The lowest BCUT2D eigenvalue weighted by Gasteiger charge is -2.29. The first-order chi connectivity index (χ1) is 8.25. The van der Waals surface area contributed by atoms with E-state index in [4.69, 9.17) is 0 Å². The van der Waals surface area contributed by atoms with Crippen molar-refractivity contribution in [3.63, 3.8) is 0 Å². The normalized spacial score (nSPS) is 19.4. The molecule has 1 atom stereocenters. The number of likely N-dealkylation sites (tertiary alicyclic amines) is 1. The van der Waals surface area contributed by atoms with Crippen molar-refractivity contribution in [2.24, 2.45) is 7.05 Å². The Morgan fingerprint density at radius 1 is 1.35 bits per heavy atom. The Hall–Kier alpha value is -0.870. The van der Waals surface area contributed by atoms with Crippen LogP contribution < -0.4 is 5.32 Å². The number of aromatic nitrogens is 2. The maximum Gasteiger partial charge on any atom is 0.0945 e. The molecule has 1 saturated heterocycles. The van der Waals surface area contributed by atoms with Gasteiger partial charge in [-0.2, -0.15) is 0 Å². The molecule has 0 spiro atoms. The highest BCUT2D eigenvalue weighted by Gasteiger charge is 2.13. The van der Waals surface area contributed by atoms with Crippen LogP contribution in [0.25, 0.3) is 0 Å². The largest absolute Gasteiger partial charge is 0.337 e. The molecular weight excluding hydrogens is 212 g/mol. The van der Waals surface area contributed by atoms with Crippen molar-refractivity contribution in [2.45, 2.75) is 38.8 Å². The van der Waals surface area contributed by atoms with Gasteiger partial charge in [0.15, 0.2) is 0 Å². The summed E-state index contributed by atoms with van der Waals surface area (Å²) in [5.74, 6) is 0. The van der Waals surface area contributed by atoms with E-state index in [0.717, 1.165) is 13.1 Å². The second-order valence-electron chi connectivity index (χ2n) is 5.14. The van der Waals surface area contributed by atoms with Gasteiger partial charge in [0.1, 0.15) is 0 Å². The summed E-state index contributed by atoms with van der Waals surface area (Å²) in [5.41, 5.74) is 1.25. The van der Waals surface area contributed by atoms with Crippen molar-refractivity contribution in [3.05, 3.63) is 18.2 Å². The van der Waals surface area contributed by atoms with E-state index in [1.807, 2.05) is 19.6 Å². The molecule has 1 aliphatic rings. The second-order valence-corrected chi connectivity index (χ2v) is 5.14. The molecular formula is C13H24N4. The van der Waals surface area contributed by atoms with Gasteiger partial charge in [-0.3, -0.25) is 0 Å². The first-order valence-corrected chi connectivity index (χ1v) is 6.66. The third-order valence-corrected chi connectivity index (χ3v) is 3.53. The summed E-state index contributed by atoms with van der Waals surface area (Å²) in [6, 6.07) is 0.544. The van der Waals surface area contributed by atoms with Gasteiger partial charge in [0, 0.05) is 32.4 Å². The summed E-state index contributed by atoms with van der Waals surface area (Å²) in [5, 5.41) is 3.57. The molecule has 2 rings (SSSR count). The zero-order valence-electron chi connectivity index (χ0n) is 11.0. The third kappa shape index (κ3) is 3.82. The SMILES string of the molecule is CC(CN1CCCCC1)NCc1cncn1C. The second kappa shape index (κ2) is 6.17.